The fraction of sp³-hybridized carbons (Fsp3) is 0.222. The summed E-state index contributed by atoms with van der Waals surface area (Å²) in [4.78, 5) is 11.1. The Bertz CT molecular complexity index is 365. The summed E-state index contributed by atoms with van der Waals surface area (Å²) in [5.74, 6) is -1.30. The average molecular weight is 219 g/mol. The molecule has 3 nitrogen and oxygen atoms in total. The van der Waals surface area contributed by atoms with Gasteiger partial charge in [-0.15, -0.1) is 0 Å². The number of rotatable bonds is 2. The third-order valence-corrected chi connectivity index (χ3v) is 1.96. The number of ether oxygens (including phenoxy) is 2. The van der Waals surface area contributed by atoms with Gasteiger partial charge >= 0.3 is 5.97 Å². The van der Waals surface area contributed by atoms with E-state index in [0.29, 0.717) is 0 Å². The van der Waals surface area contributed by atoms with Crippen molar-refractivity contribution in [1.82, 2.24) is 0 Å². The van der Waals surface area contributed by atoms with Crippen LogP contribution in [0.3, 0.4) is 0 Å². The van der Waals surface area contributed by atoms with Crippen LogP contribution in [-0.2, 0) is 4.74 Å². The summed E-state index contributed by atoms with van der Waals surface area (Å²) in [6.07, 6.45) is 0. The lowest BCUT2D eigenvalue weighted by atomic mass is 10.2. The first-order valence-electron chi connectivity index (χ1n) is 3.71. The van der Waals surface area contributed by atoms with Crippen molar-refractivity contribution in [1.29, 1.82) is 0 Å². The van der Waals surface area contributed by atoms with Crippen LogP contribution in [0.1, 0.15) is 10.4 Å². The predicted molar refractivity (Wildman–Crippen MR) is 49.3 cm³/mol. The molecular formula is C9H8ClFO3. The van der Waals surface area contributed by atoms with Crippen molar-refractivity contribution in [3.05, 3.63) is 28.5 Å². The predicted octanol–water partition coefficient (Wildman–Crippen LogP) is 2.27. The number of esters is 1. The van der Waals surface area contributed by atoms with Gasteiger partial charge in [0.25, 0.3) is 0 Å². The fourth-order valence-electron chi connectivity index (χ4n) is 0.952. The molecule has 0 amide bonds. The minimum atomic E-state index is -0.631. The molecule has 5 heteroatoms. The van der Waals surface area contributed by atoms with Crippen molar-refractivity contribution in [2.24, 2.45) is 0 Å². The quantitative estimate of drug-likeness (QED) is 0.715. The standard InChI is InChI=1S/C9H8ClFO3/c1-13-8-3-5(9(12)14-2)6(10)4-7(8)11/h3-4H,1-2H3. The highest BCUT2D eigenvalue weighted by molar-refractivity contribution is 6.33. The van der Waals surface area contributed by atoms with E-state index < -0.39 is 11.8 Å². The molecule has 1 rings (SSSR count). The third-order valence-electron chi connectivity index (χ3n) is 1.65. The van der Waals surface area contributed by atoms with E-state index in [-0.39, 0.29) is 16.3 Å². The SMILES string of the molecule is COC(=O)c1cc(OC)c(F)cc1Cl. The first-order valence-corrected chi connectivity index (χ1v) is 4.09. The van der Waals surface area contributed by atoms with Gasteiger partial charge in [0.1, 0.15) is 0 Å². The van der Waals surface area contributed by atoms with Crippen LogP contribution in [0, 0.1) is 5.82 Å². The largest absolute Gasteiger partial charge is 0.494 e. The molecule has 0 aliphatic rings. The number of methoxy groups -OCH3 is 2. The molecule has 0 radical (unpaired) electrons. The molecule has 76 valence electrons. The molecule has 0 atom stereocenters. The van der Waals surface area contributed by atoms with Crippen molar-refractivity contribution in [3.63, 3.8) is 0 Å². The van der Waals surface area contributed by atoms with Gasteiger partial charge in [-0.05, 0) is 12.1 Å². The molecule has 1 aromatic rings. The summed E-state index contributed by atoms with van der Waals surface area (Å²) >= 11 is 5.64. The zero-order chi connectivity index (χ0) is 10.7. The highest BCUT2D eigenvalue weighted by Gasteiger charge is 2.15. The van der Waals surface area contributed by atoms with Gasteiger partial charge in [0.2, 0.25) is 0 Å². The molecule has 0 aromatic heterocycles. The van der Waals surface area contributed by atoms with Gasteiger partial charge in [-0.2, -0.15) is 0 Å². The summed E-state index contributed by atoms with van der Waals surface area (Å²) < 4.78 is 22.2. The van der Waals surface area contributed by atoms with E-state index in [2.05, 4.69) is 4.74 Å². The Kier molecular flexibility index (Phi) is 3.30. The molecule has 0 fully saturated rings. The van der Waals surface area contributed by atoms with Crippen LogP contribution < -0.4 is 4.74 Å². The highest BCUT2D eigenvalue weighted by Crippen LogP contribution is 2.26. The summed E-state index contributed by atoms with van der Waals surface area (Å²) in [7, 11) is 2.52. The van der Waals surface area contributed by atoms with Crippen LogP contribution in [0.15, 0.2) is 12.1 Å². The van der Waals surface area contributed by atoms with Crippen molar-refractivity contribution in [2.75, 3.05) is 14.2 Å². The van der Waals surface area contributed by atoms with Crippen LogP contribution in [0.25, 0.3) is 0 Å². The maximum atomic E-state index is 13.0. The molecule has 0 aliphatic carbocycles. The average Bonchev–Trinajstić information content (AvgIpc) is 2.17. The molecule has 0 saturated heterocycles. The smallest absolute Gasteiger partial charge is 0.339 e. The van der Waals surface area contributed by atoms with Crippen LogP contribution >= 0.6 is 11.6 Å². The fourth-order valence-corrected chi connectivity index (χ4v) is 1.18. The van der Waals surface area contributed by atoms with E-state index in [1.807, 2.05) is 0 Å². The Balaban J connectivity index is 3.24. The Hall–Kier alpha value is -1.29. The van der Waals surface area contributed by atoms with Crippen LogP contribution in [0.2, 0.25) is 5.02 Å². The Morgan fingerprint density at radius 3 is 2.57 bits per heavy atom. The zero-order valence-electron chi connectivity index (χ0n) is 7.64. The minimum Gasteiger partial charge on any atom is -0.494 e. The normalized spacial score (nSPS) is 9.71. The number of hydrogen-bond donors (Lipinski definition) is 0. The molecule has 14 heavy (non-hydrogen) atoms. The lowest BCUT2D eigenvalue weighted by Crippen LogP contribution is -2.03. The lowest BCUT2D eigenvalue weighted by molar-refractivity contribution is 0.0600. The van der Waals surface area contributed by atoms with Crippen molar-refractivity contribution in [3.8, 4) is 5.75 Å². The monoisotopic (exact) mass is 218 g/mol. The summed E-state index contributed by atoms with van der Waals surface area (Å²) in [6, 6.07) is 2.20. The van der Waals surface area contributed by atoms with Gasteiger partial charge in [-0.3, -0.25) is 0 Å². The highest BCUT2D eigenvalue weighted by atomic mass is 35.5. The topological polar surface area (TPSA) is 35.5 Å². The van der Waals surface area contributed by atoms with E-state index in [1.165, 1.54) is 20.3 Å². The van der Waals surface area contributed by atoms with Crippen LogP contribution in [0.5, 0.6) is 5.75 Å². The van der Waals surface area contributed by atoms with Crippen molar-refractivity contribution in [2.45, 2.75) is 0 Å². The van der Waals surface area contributed by atoms with Gasteiger partial charge in [0.05, 0.1) is 24.8 Å². The van der Waals surface area contributed by atoms with Gasteiger partial charge in [-0.25, -0.2) is 9.18 Å². The second kappa shape index (κ2) is 4.28. The lowest BCUT2D eigenvalue weighted by Gasteiger charge is -2.06. The van der Waals surface area contributed by atoms with Crippen LogP contribution in [0.4, 0.5) is 4.39 Å². The first-order chi connectivity index (χ1) is 6.60. The molecule has 0 N–H and O–H groups in total. The Morgan fingerprint density at radius 1 is 1.43 bits per heavy atom. The number of benzene rings is 1. The number of halogens is 2. The number of carbonyl (C=O) groups excluding carboxylic acids is 1. The Labute approximate surface area is 85.4 Å². The van der Waals surface area contributed by atoms with Crippen LogP contribution in [-0.4, -0.2) is 20.2 Å². The van der Waals surface area contributed by atoms with Gasteiger partial charge in [0.15, 0.2) is 11.6 Å². The molecule has 0 saturated carbocycles. The van der Waals surface area contributed by atoms with Gasteiger partial charge < -0.3 is 9.47 Å². The number of carbonyl (C=O) groups is 1. The minimum absolute atomic E-state index is 0.00449. The number of hydrogen-bond acceptors (Lipinski definition) is 3. The van der Waals surface area contributed by atoms with E-state index in [1.54, 1.807) is 0 Å². The molecule has 0 unspecified atom stereocenters. The molecular weight excluding hydrogens is 211 g/mol. The maximum absolute atomic E-state index is 13.0. The molecule has 1 aromatic carbocycles. The van der Waals surface area contributed by atoms with Crippen molar-refractivity contribution < 1.29 is 18.7 Å². The van der Waals surface area contributed by atoms with E-state index >= 15 is 0 Å². The summed E-state index contributed by atoms with van der Waals surface area (Å²) in [6.45, 7) is 0. The van der Waals surface area contributed by atoms with E-state index in [0.717, 1.165) is 6.07 Å². The molecule has 0 heterocycles. The summed E-state index contributed by atoms with van der Waals surface area (Å²) in [5.41, 5.74) is 0.0763. The second-order valence-corrected chi connectivity index (χ2v) is 2.87. The first kappa shape index (κ1) is 10.8. The van der Waals surface area contributed by atoms with E-state index in [9.17, 15) is 9.18 Å². The second-order valence-electron chi connectivity index (χ2n) is 2.46. The van der Waals surface area contributed by atoms with Gasteiger partial charge in [0, 0.05) is 0 Å². The molecule has 0 spiro atoms. The Morgan fingerprint density at radius 2 is 2.07 bits per heavy atom. The molecule has 0 bridgehead atoms. The van der Waals surface area contributed by atoms with E-state index in [4.69, 9.17) is 16.3 Å². The van der Waals surface area contributed by atoms with Gasteiger partial charge in [-0.1, -0.05) is 11.6 Å². The van der Waals surface area contributed by atoms with Crippen molar-refractivity contribution >= 4 is 17.6 Å². The maximum Gasteiger partial charge on any atom is 0.339 e. The molecule has 0 aliphatic heterocycles. The third kappa shape index (κ3) is 1.96. The summed E-state index contributed by atoms with van der Waals surface area (Å²) in [5, 5.41) is -0.00449. The zero-order valence-corrected chi connectivity index (χ0v) is 8.39.